The third kappa shape index (κ3) is 3.96. The predicted octanol–water partition coefficient (Wildman–Crippen LogP) is 3.75. The van der Waals surface area contributed by atoms with Crippen LogP contribution < -0.4 is 5.32 Å². The van der Waals surface area contributed by atoms with Crippen molar-refractivity contribution in [2.24, 2.45) is 11.8 Å². The highest BCUT2D eigenvalue weighted by molar-refractivity contribution is 4.86. The van der Waals surface area contributed by atoms with Crippen LogP contribution in [-0.2, 0) is 4.74 Å². The first kappa shape index (κ1) is 14.3. The first-order valence-corrected chi connectivity index (χ1v) is 8.07. The van der Waals surface area contributed by atoms with Gasteiger partial charge in [0.15, 0.2) is 0 Å². The summed E-state index contributed by atoms with van der Waals surface area (Å²) in [5.41, 5.74) is 0. The van der Waals surface area contributed by atoms with Crippen LogP contribution in [0.5, 0.6) is 0 Å². The molecule has 1 N–H and O–H groups in total. The number of hydrogen-bond donors (Lipinski definition) is 1. The van der Waals surface area contributed by atoms with Gasteiger partial charge in [-0.3, -0.25) is 0 Å². The first-order chi connectivity index (χ1) is 8.69. The highest BCUT2D eigenvalue weighted by Crippen LogP contribution is 2.35. The number of nitrogens with one attached hydrogen (secondary N) is 1. The van der Waals surface area contributed by atoms with Gasteiger partial charge < -0.3 is 10.1 Å². The maximum atomic E-state index is 6.02. The van der Waals surface area contributed by atoms with Gasteiger partial charge >= 0.3 is 0 Å². The van der Waals surface area contributed by atoms with Gasteiger partial charge in [0.05, 0.1) is 12.2 Å². The summed E-state index contributed by atoms with van der Waals surface area (Å²) < 4.78 is 6.02. The predicted molar refractivity (Wildman–Crippen MR) is 76.8 cm³/mol. The van der Waals surface area contributed by atoms with E-state index in [1.54, 1.807) is 0 Å². The van der Waals surface area contributed by atoms with E-state index in [1.165, 1.54) is 51.5 Å². The van der Waals surface area contributed by atoms with Gasteiger partial charge in [0.1, 0.15) is 0 Å². The maximum absolute atomic E-state index is 6.02. The van der Waals surface area contributed by atoms with E-state index in [0.717, 1.165) is 17.9 Å². The van der Waals surface area contributed by atoms with Crippen LogP contribution in [0.3, 0.4) is 0 Å². The lowest BCUT2D eigenvalue weighted by atomic mass is 9.76. The summed E-state index contributed by atoms with van der Waals surface area (Å²) in [4.78, 5) is 0. The van der Waals surface area contributed by atoms with Crippen LogP contribution in [0.4, 0.5) is 0 Å². The molecule has 0 amide bonds. The molecule has 106 valence electrons. The maximum Gasteiger partial charge on any atom is 0.0583 e. The van der Waals surface area contributed by atoms with Gasteiger partial charge in [-0.05, 0) is 70.3 Å². The zero-order valence-electron chi connectivity index (χ0n) is 12.5. The van der Waals surface area contributed by atoms with Crippen molar-refractivity contribution in [3.05, 3.63) is 0 Å². The molecule has 0 aromatic rings. The third-order valence-corrected chi connectivity index (χ3v) is 4.79. The third-order valence-electron chi connectivity index (χ3n) is 4.79. The number of ether oxygens (including phenoxy) is 1. The summed E-state index contributed by atoms with van der Waals surface area (Å²) in [5.74, 6) is 1.75. The molecule has 5 atom stereocenters. The molecule has 0 aromatic heterocycles. The molecule has 18 heavy (non-hydrogen) atoms. The monoisotopic (exact) mass is 253 g/mol. The molecule has 1 heterocycles. The van der Waals surface area contributed by atoms with Crippen molar-refractivity contribution < 1.29 is 4.74 Å². The molecule has 2 rings (SSSR count). The van der Waals surface area contributed by atoms with Crippen molar-refractivity contribution in [1.29, 1.82) is 0 Å². The Kier molecular flexibility index (Phi) is 5.50. The second-order valence-electron chi connectivity index (χ2n) is 6.62. The van der Waals surface area contributed by atoms with Gasteiger partial charge in [-0.2, -0.15) is 0 Å². The molecule has 0 aromatic carbocycles. The molecular weight excluding hydrogens is 222 g/mol. The van der Waals surface area contributed by atoms with E-state index in [0.29, 0.717) is 12.2 Å². The van der Waals surface area contributed by atoms with Crippen molar-refractivity contribution in [1.82, 2.24) is 5.32 Å². The zero-order chi connectivity index (χ0) is 13.0. The molecule has 2 aliphatic rings. The highest BCUT2D eigenvalue weighted by Gasteiger charge is 2.32. The van der Waals surface area contributed by atoms with E-state index < -0.39 is 0 Å². The van der Waals surface area contributed by atoms with Crippen LogP contribution in [0.25, 0.3) is 0 Å². The van der Waals surface area contributed by atoms with E-state index in [9.17, 15) is 0 Å². The lowest BCUT2D eigenvalue weighted by Crippen LogP contribution is -2.42. The van der Waals surface area contributed by atoms with Crippen LogP contribution >= 0.6 is 0 Å². The molecule has 1 saturated carbocycles. The molecule has 1 aliphatic heterocycles. The Morgan fingerprint density at radius 3 is 2.61 bits per heavy atom. The Morgan fingerprint density at radius 1 is 1.11 bits per heavy atom. The molecule has 1 saturated heterocycles. The number of rotatable bonds is 5. The van der Waals surface area contributed by atoms with E-state index in [4.69, 9.17) is 4.74 Å². The van der Waals surface area contributed by atoms with Crippen molar-refractivity contribution in [2.45, 2.75) is 84.0 Å². The normalized spacial score (nSPS) is 41.2. The SMILES string of the molecule is CCCNC1CCC(C)CC1CC1CCC(C)O1. The van der Waals surface area contributed by atoms with E-state index in [1.807, 2.05) is 0 Å². The van der Waals surface area contributed by atoms with E-state index >= 15 is 0 Å². The fourth-order valence-electron chi connectivity index (χ4n) is 3.75. The van der Waals surface area contributed by atoms with Crippen LogP contribution in [0.15, 0.2) is 0 Å². The van der Waals surface area contributed by atoms with E-state index in [-0.39, 0.29) is 0 Å². The lowest BCUT2D eigenvalue weighted by Gasteiger charge is -2.37. The molecular formula is C16H31NO. The van der Waals surface area contributed by atoms with Crippen LogP contribution in [-0.4, -0.2) is 24.8 Å². The molecule has 0 radical (unpaired) electrons. The minimum Gasteiger partial charge on any atom is -0.375 e. The minimum absolute atomic E-state index is 0.498. The molecule has 2 heteroatoms. The topological polar surface area (TPSA) is 21.3 Å². The second kappa shape index (κ2) is 6.91. The van der Waals surface area contributed by atoms with Crippen molar-refractivity contribution in [3.8, 4) is 0 Å². The van der Waals surface area contributed by atoms with Gasteiger partial charge in [0.2, 0.25) is 0 Å². The fraction of sp³-hybridized carbons (Fsp3) is 1.00. The average Bonchev–Trinajstić information content (AvgIpc) is 2.74. The van der Waals surface area contributed by atoms with Gasteiger partial charge in [-0.25, -0.2) is 0 Å². The average molecular weight is 253 g/mol. The number of hydrogen-bond acceptors (Lipinski definition) is 2. The molecule has 1 aliphatic carbocycles. The minimum atomic E-state index is 0.498. The van der Waals surface area contributed by atoms with Crippen molar-refractivity contribution >= 4 is 0 Å². The lowest BCUT2D eigenvalue weighted by molar-refractivity contribution is 0.0289. The Balaban J connectivity index is 1.84. The van der Waals surface area contributed by atoms with Crippen molar-refractivity contribution in [3.63, 3.8) is 0 Å². The summed E-state index contributed by atoms with van der Waals surface area (Å²) in [6.07, 6.45) is 10.3. The van der Waals surface area contributed by atoms with Gasteiger partial charge in [0, 0.05) is 6.04 Å². The van der Waals surface area contributed by atoms with Gasteiger partial charge in [-0.15, -0.1) is 0 Å². The van der Waals surface area contributed by atoms with Gasteiger partial charge in [0.25, 0.3) is 0 Å². The van der Waals surface area contributed by atoms with E-state index in [2.05, 4.69) is 26.1 Å². The summed E-state index contributed by atoms with van der Waals surface area (Å²) in [6.45, 7) is 8.07. The summed E-state index contributed by atoms with van der Waals surface area (Å²) >= 11 is 0. The first-order valence-electron chi connectivity index (χ1n) is 8.07. The largest absolute Gasteiger partial charge is 0.375 e. The van der Waals surface area contributed by atoms with Crippen LogP contribution in [0.1, 0.15) is 65.7 Å². The Morgan fingerprint density at radius 2 is 1.94 bits per heavy atom. The molecule has 0 spiro atoms. The highest BCUT2D eigenvalue weighted by atomic mass is 16.5. The fourth-order valence-corrected chi connectivity index (χ4v) is 3.75. The quantitative estimate of drug-likeness (QED) is 0.805. The zero-order valence-corrected chi connectivity index (χ0v) is 12.5. The molecule has 5 unspecified atom stereocenters. The Labute approximate surface area is 113 Å². The summed E-state index contributed by atoms with van der Waals surface area (Å²) in [5, 5.41) is 3.77. The summed E-state index contributed by atoms with van der Waals surface area (Å²) in [7, 11) is 0. The Hall–Kier alpha value is -0.0800. The van der Waals surface area contributed by atoms with Crippen molar-refractivity contribution in [2.75, 3.05) is 6.54 Å². The van der Waals surface area contributed by atoms with Crippen LogP contribution in [0, 0.1) is 11.8 Å². The summed E-state index contributed by atoms with van der Waals surface area (Å²) in [6, 6.07) is 0.751. The molecule has 2 nitrogen and oxygen atoms in total. The second-order valence-corrected chi connectivity index (χ2v) is 6.62. The molecule has 2 fully saturated rings. The Bertz CT molecular complexity index is 241. The molecule has 0 bridgehead atoms. The van der Waals surface area contributed by atoms with Crippen LogP contribution in [0.2, 0.25) is 0 Å². The smallest absolute Gasteiger partial charge is 0.0583 e. The van der Waals surface area contributed by atoms with Gasteiger partial charge in [-0.1, -0.05) is 13.8 Å². The standard InChI is InChI=1S/C16H31NO/c1-4-9-17-16-8-5-12(2)10-14(16)11-15-7-6-13(3)18-15/h12-17H,4-11H2,1-3H3.